The number of halogens is 1. The molecule has 1 aromatic heterocycles. The van der Waals surface area contributed by atoms with Gasteiger partial charge >= 0.3 is 5.69 Å². The molecule has 0 spiro atoms. The summed E-state index contributed by atoms with van der Waals surface area (Å²) in [4.78, 5) is 24.0. The summed E-state index contributed by atoms with van der Waals surface area (Å²) in [5.74, 6) is -1.12. The van der Waals surface area contributed by atoms with E-state index in [9.17, 15) is 19.1 Å². The fourth-order valence-electron chi connectivity index (χ4n) is 1.72. The van der Waals surface area contributed by atoms with E-state index in [-0.39, 0.29) is 6.42 Å². The maximum atomic E-state index is 13.0. The minimum absolute atomic E-state index is 0.0383. The summed E-state index contributed by atoms with van der Waals surface area (Å²) in [7, 11) is 0. The van der Waals surface area contributed by atoms with E-state index in [2.05, 4.69) is 0 Å². The van der Waals surface area contributed by atoms with Crippen LogP contribution in [0, 0.1) is 5.82 Å². The molecular weight excluding hydrogens is 235 g/mol. The molecule has 3 atom stereocenters. The van der Waals surface area contributed by atoms with Crippen LogP contribution >= 0.6 is 0 Å². The van der Waals surface area contributed by atoms with Gasteiger partial charge in [-0.25, -0.2) is 4.79 Å². The van der Waals surface area contributed by atoms with Crippen molar-refractivity contribution in [2.45, 2.75) is 24.9 Å². The first-order valence-electron chi connectivity index (χ1n) is 4.98. The van der Waals surface area contributed by atoms with Crippen molar-refractivity contribution in [2.75, 3.05) is 6.61 Å². The number of hydrogen-bond donors (Lipinski definition) is 3. The van der Waals surface area contributed by atoms with Gasteiger partial charge in [0.2, 0.25) is 5.82 Å². The van der Waals surface area contributed by atoms with Gasteiger partial charge in [-0.3, -0.25) is 14.3 Å². The molecule has 7 nitrogen and oxygen atoms in total. The van der Waals surface area contributed by atoms with Crippen LogP contribution in [0.4, 0.5) is 4.39 Å². The molecule has 2 rings (SSSR count). The first-order chi connectivity index (χ1) is 8.02. The van der Waals surface area contributed by atoms with Crippen LogP contribution in [-0.2, 0) is 4.74 Å². The lowest BCUT2D eigenvalue weighted by Crippen LogP contribution is -2.34. The van der Waals surface area contributed by atoms with Gasteiger partial charge in [-0.15, -0.1) is 0 Å². The van der Waals surface area contributed by atoms with Crippen molar-refractivity contribution in [3.63, 3.8) is 0 Å². The van der Waals surface area contributed by atoms with E-state index in [0.29, 0.717) is 0 Å². The van der Waals surface area contributed by atoms with Gasteiger partial charge in [-0.2, -0.15) is 4.39 Å². The number of nitrogens with zero attached hydrogens (tertiary/aromatic N) is 1. The molecule has 1 aromatic rings. The SMILES string of the molecule is O=c1[nH]c(=O)n([C@H]2CC(O)[C@@H](CO)O2)cc1F. The predicted molar refractivity (Wildman–Crippen MR) is 52.9 cm³/mol. The van der Waals surface area contributed by atoms with E-state index in [1.54, 1.807) is 4.98 Å². The monoisotopic (exact) mass is 246 g/mol. The zero-order valence-corrected chi connectivity index (χ0v) is 8.67. The van der Waals surface area contributed by atoms with Crippen LogP contribution in [0.1, 0.15) is 12.6 Å². The predicted octanol–water partition coefficient (Wildman–Crippen LogP) is -1.68. The minimum atomic E-state index is -1.12. The Balaban J connectivity index is 2.34. The number of hydrogen-bond acceptors (Lipinski definition) is 5. The molecule has 0 aliphatic carbocycles. The Morgan fingerprint density at radius 3 is 2.88 bits per heavy atom. The zero-order chi connectivity index (χ0) is 12.6. The Hall–Kier alpha value is -1.51. The smallest absolute Gasteiger partial charge is 0.330 e. The number of nitrogens with one attached hydrogen (secondary N) is 1. The van der Waals surface area contributed by atoms with E-state index >= 15 is 0 Å². The Kier molecular flexibility index (Phi) is 3.09. The molecule has 2 heterocycles. The van der Waals surface area contributed by atoms with Gasteiger partial charge in [0.1, 0.15) is 12.3 Å². The lowest BCUT2D eigenvalue weighted by molar-refractivity contribution is -0.0462. The molecule has 0 saturated carbocycles. The highest BCUT2D eigenvalue weighted by Crippen LogP contribution is 2.26. The quantitative estimate of drug-likeness (QED) is 0.578. The summed E-state index contributed by atoms with van der Waals surface area (Å²) < 4.78 is 19.0. The molecule has 0 radical (unpaired) electrons. The third kappa shape index (κ3) is 2.14. The summed E-state index contributed by atoms with van der Waals surface area (Å²) in [6.45, 7) is -0.405. The van der Waals surface area contributed by atoms with Gasteiger partial charge in [0.15, 0.2) is 0 Å². The van der Waals surface area contributed by atoms with Gasteiger partial charge in [-0.05, 0) is 0 Å². The second-order valence-electron chi connectivity index (χ2n) is 3.76. The average Bonchev–Trinajstić information content (AvgIpc) is 2.65. The Morgan fingerprint density at radius 1 is 1.59 bits per heavy atom. The van der Waals surface area contributed by atoms with Crippen LogP contribution in [-0.4, -0.2) is 38.6 Å². The maximum absolute atomic E-state index is 13.0. The van der Waals surface area contributed by atoms with Crippen LogP contribution < -0.4 is 11.2 Å². The molecule has 1 unspecified atom stereocenters. The molecule has 3 N–H and O–H groups in total. The Bertz CT molecular complexity index is 525. The fraction of sp³-hybridized carbons (Fsp3) is 0.556. The van der Waals surface area contributed by atoms with Crippen molar-refractivity contribution in [3.8, 4) is 0 Å². The topological polar surface area (TPSA) is 105 Å². The van der Waals surface area contributed by atoms with Crippen molar-refractivity contribution in [2.24, 2.45) is 0 Å². The highest BCUT2D eigenvalue weighted by atomic mass is 19.1. The number of aliphatic hydroxyl groups is 2. The number of aromatic nitrogens is 2. The molecule has 1 aliphatic rings. The van der Waals surface area contributed by atoms with Crippen LogP contribution in [0.15, 0.2) is 15.8 Å². The largest absolute Gasteiger partial charge is 0.394 e. The van der Waals surface area contributed by atoms with Crippen molar-refractivity contribution in [3.05, 3.63) is 32.9 Å². The summed E-state index contributed by atoms with van der Waals surface area (Å²) in [5.41, 5.74) is -1.93. The summed E-state index contributed by atoms with van der Waals surface area (Å²) in [6, 6.07) is 0. The number of H-pyrrole nitrogens is 1. The number of aliphatic hydroxyl groups excluding tert-OH is 2. The number of rotatable bonds is 2. The first kappa shape index (κ1) is 12.0. The zero-order valence-electron chi connectivity index (χ0n) is 8.67. The first-order valence-corrected chi connectivity index (χ1v) is 4.98. The number of ether oxygens (including phenoxy) is 1. The maximum Gasteiger partial charge on any atom is 0.330 e. The Labute approximate surface area is 94.1 Å². The molecule has 94 valence electrons. The van der Waals surface area contributed by atoms with Crippen molar-refractivity contribution in [1.82, 2.24) is 9.55 Å². The van der Waals surface area contributed by atoms with Gasteiger partial charge in [0.05, 0.1) is 18.9 Å². The van der Waals surface area contributed by atoms with Crippen LogP contribution in [0.2, 0.25) is 0 Å². The highest BCUT2D eigenvalue weighted by Gasteiger charge is 2.35. The standard InChI is InChI=1S/C9H11FN2O5/c10-4-2-12(9(16)11-8(4)15)7-1-5(14)6(3-13)17-7/h2,5-7,13-14H,1,3H2,(H,11,15,16)/t5?,6-,7-/m1/s1. The molecule has 17 heavy (non-hydrogen) atoms. The average molecular weight is 246 g/mol. The third-order valence-electron chi connectivity index (χ3n) is 2.62. The fourth-order valence-corrected chi connectivity index (χ4v) is 1.72. The highest BCUT2D eigenvalue weighted by molar-refractivity contribution is 4.90. The molecule has 0 bridgehead atoms. The van der Waals surface area contributed by atoms with E-state index < -0.39 is 42.1 Å². The molecule has 1 fully saturated rings. The van der Waals surface area contributed by atoms with E-state index in [1.807, 2.05) is 0 Å². The third-order valence-corrected chi connectivity index (χ3v) is 2.62. The minimum Gasteiger partial charge on any atom is -0.394 e. The molecule has 0 amide bonds. The van der Waals surface area contributed by atoms with E-state index in [1.165, 1.54) is 0 Å². The summed E-state index contributed by atoms with van der Waals surface area (Å²) in [5, 5.41) is 18.3. The van der Waals surface area contributed by atoms with Crippen LogP contribution in [0.25, 0.3) is 0 Å². The van der Waals surface area contributed by atoms with Gasteiger partial charge < -0.3 is 14.9 Å². The van der Waals surface area contributed by atoms with Crippen molar-refractivity contribution >= 4 is 0 Å². The number of aromatic amines is 1. The molecule has 1 aliphatic heterocycles. The second-order valence-corrected chi connectivity index (χ2v) is 3.76. The molecule has 0 aromatic carbocycles. The van der Waals surface area contributed by atoms with Gasteiger partial charge in [0.25, 0.3) is 5.56 Å². The molecular formula is C9H11FN2O5. The van der Waals surface area contributed by atoms with Gasteiger partial charge in [0, 0.05) is 6.42 Å². The Morgan fingerprint density at radius 2 is 2.29 bits per heavy atom. The summed E-state index contributed by atoms with van der Waals surface area (Å²) in [6.07, 6.45) is -1.90. The van der Waals surface area contributed by atoms with Crippen LogP contribution in [0.5, 0.6) is 0 Å². The molecule has 8 heteroatoms. The lowest BCUT2D eigenvalue weighted by Gasteiger charge is -2.13. The van der Waals surface area contributed by atoms with Crippen LogP contribution in [0.3, 0.4) is 0 Å². The molecule has 1 saturated heterocycles. The van der Waals surface area contributed by atoms with E-state index in [0.717, 1.165) is 10.8 Å². The second kappa shape index (κ2) is 4.40. The van der Waals surface area contributed by atoms with Gasteiger partial charge in [-0.1, -0.05) is 0 Å². The van der Waals surface area contributed by atoms with E-state index in [4.69, 9.17) is 9.84 Å². The van der Waals surface area contributed by atoms with Crippen molar-refractivity contribution < 1.29 is 19.3 Å². The van der Waals surface area contributed by atoms with Crippen molar-refractivity contribution in [1.29, 1.82) is 0 Å². The normalized spacial score (nSPS) is 28.5. The summed E-state index contributed by atoms with van der Waals surface area (Å²) >= 11 is 0. The lowest BCUT2D eigenvalue weighted by atomic mass is 10.2.